The van der Waals surface area contributed by atoms with E-state index in [1.807, 2.05) is 60.7 Å². The average Bonchev–Trinajstić information content (AvgIpc) is 3.06. The Kier molecular flexibility index (Phi) is 4.76. The summed E-state index contributed by atoms with van der Waals surface area (Å²) in [6.45, 7) is 0. The van der Waals surface area contributed by atoms with Gasteiger partial charge in [0.05, 0.1) is 17.5 Å². The van der Waals surface area contributed by atoms with E-state index in [4.69, 9.17) is 11.6 Å². The number of halogens is 1. The van der Waals surface area contributed by atoms with Crippen LogP contribution in [0.15, 0.2) is 97.1 Å². The number of hydrogen-bond acceptors (Lipinski definition) is 2. The summed E-state index contributed by atoms with van der Waals surface area (Å²) in [6, 6.07) is 26.8. The summed E-state index contributed by atoms with van der Waals surface area (Å²) in [7, 11) is 0. The van der Waals surface area contributed by atoms with E-state index in [-0.39, 0.29) is 23.7 Å². The minimum atomic E-state index is -0.439. The van der Waals surface area contributed by atoms with Gasteiger partial charge in [0.15, 0.2) is 0 Å². The lowest BCUT2D eigenvalue weighted by Gasteiger charge is -2.32. The van der Waals surface area contributed by atoms with E-state index in [2.05, 4.69) is 12.2 Å². The van der Waals surface area contributed by atoms with E-state index in [0.29, 0.717) is 10.7 Å². The summed E-state index contributed by atoms with van der Waals surface area (Å²) in [5.74, 6) is -1.44. The van der Waals surface area contributed by atoms with Gasteiger partial charge in [0.25, 0.3) is 0 Å². The third kappa shape index (κ3) is 3.06. The van der Waals surface area contributed by atoms with Crippen molar-refractivity contribution in [2.75, 3.05) is 4.90 Å². The van der Waals surface area contributed by atoms with Crippen LogP contribution >= 0.6 is 11.6 Å². The molecule has 0 bridgehead atoms. The maximum absolute atomic E-state index is 13.6. The van der Waals surface area contributed by atoms with Crippen LogP contribution in [0.3, 0.4) is 0 Å². The second kappa shape index (κ2) is 7.58. The van der Waals surface area contributed by atoms with E-state index in [0.717, 1.165) is 11.1 Å². The molecule has 5 rings (SSSR count). The number of hydrogen-bond donors (Lipinski definition) is 0. The molecular formula is C26H20ClNO2. The summed E-state index contributed by atoms with van der Waals surface area (Å²) in [5.41, 5.74) is 2.67. The molecule has 1 aliphatic heterocycles. The van der Waals surface area contributed by atoms with Crippen molar-refractivity contribution in [3.8, 4) is 0 Å². The van der Waals surface area contributed by atoms with Crippen LogP contribution in [0.5, 0.6) is 0 Å². The van der Waals surface area contributed by atoms with Gasteiger partial charge in [0.2, 0.25) is 11.8 Å². The first-order chi connectivity index (χ1) is 14.6. The summed E-state index contributed by atoms with van der Waals surface area (Å²) in [4.78, 5) is 28.6. The molecule has 2 amide bonds. The Bertz CT molecular complexity index is 1040. The molecule has 3 nitrogen and oxygen atoms in total. The fourth-order valence-corrected chi connectivity index (χ4v) is 4.90. The molecule has 30 heavy (non-hydrogen) atoms. The number of carbonyl (C=O) groups is 2. The molecule has 1 aliphatic carbocycles. The number of imide groups is 1. The highest BCUT2D eigenvalue weighted by Gasteiger charge is 2.55. The van der Waals surface area contributed by atoms with Gasteiger partial charge >= 0.3 is 0 Å². The number of allylic oxidation sites excluding steroid dienone is 2. The van der Waals surface area contributed by atoms with Crippen LogP contribution in [-0.4, -0.2) is 11.8 Å². The highest BCUT2D eigenvalue weighted by atomic mass is 35.5. The Morgan fingerprint density at radius 2 is 1.03 bits per heavy atom. The minimum absolute atomic E-state index is 0.134. The van der Waals surface area contributed by atoms with E-state index >= 15 is 0 Å². The average molecular weight is 414 g/mol. The lowest BCUT2D eigenvalue weighted by atomic mass is 9.68. The lowest BCUT2D eigenvalue weighted by Crippen LogP contribution is -2.31. The highest BCUT2D eigenvalue weighted by molar-refractivity contribution is 6.30. The molecule has 4 atom stereocenters. The zero-order valence-electron chi connectivity index (χ0n) is 16.2. The number of anilines is 1. The molecule has 0 N–H and O–H groups in total. The summed E-state index contributed by atoms with van der Waals surface area (Å²) in [5, 5.41) is 0.571. The Balaban J connectivity index is 1.63. The second-order valence-electron chi connectivity index (χ2n) is 7.80. The van der Waals surface area contributed by atoms with Crippen LogP contribution in [0.2, 0.25) is 5.02 Å². The quantitative estimate of drug-likeness (QED) is 0.415. The maximum Gasteiger partial charge on any atom is 0.238 e. The Hall–Kier alpha value is -3.17. The largest absolute Gasteiger partial charge is 0.274 e. The van der Waals surface area contributed by atoms with Gasteiger partial charge in [0, 0.05) is 16.9 Å². The molecule has 0 saturated carbocycles. The smallest absolute Gasteiger partial charge is 0.238 e. The van der Waals surface area contributed by atoms with E-state index in [1.54, 1.807) is 24.3 Å². The van der Waals surface area contributed by atoms with Gasteiger partial charge in [-0.25, -0.2) is 4.90 Å². The standard InChI is InChI=1S/C26H20ClNO2/c27-19-11-13-20(14-12-19)28-25(29)23-21(17-7-3-1-4-8-17)15-16-22(24(23)26(28)30)18-9-5-2-6-10-18/h1-16,21-24H/t21-,22-,23-,24+/m0/s1. The van der Waals surface area contributed by atoms with Crippen molar-refractivity contribution < 1.29 is 9.59 Å². The SMILES string of the molecule is O=C1[C@@H]2[C@H](C(=O)N1c1ccc(Cl)cc1)[C@H](c1ccccc1)C=C[C@H]2c1ccccc1. The van der Waals surface area contributed by atoms with Gasteiger partial charge in [0.1, 0.15) is 0 Å². The minimum Gasteiger partial charge on any atom is -0.274 e. The van der Waals surface area contributed by atoms with Crippen LogP contribution in [-0.2, 0) is 9.59 Å². The summed E-state index contributed by atoms with van der Waals surface area (Å²) >= 11 is 6.02. The lowest BCUT2D eigenvalue weighted by molar-refractivity contribution is -0.122. The number of fused-ring (bicyclic) bond motifs is 1. The van der Waals surface area contributed by atoms with Gasteiger partial charge < -0.3 is 0 Å². The molecule has 1 fully saturated rings. The zero-order valence-corrected chi connectivity index (χ0v) is 16.9. The normalized spacial score (nSPS) is 25.4. The number of carbonyl (C=O) groups excluding carboxylic acids is 2. The fraction of sp³-hybridized carbons (Fsp3) is 0.154. The molecule has 4 heteroatoms. The van der Waals surface area contributed by atoms with E-state index in [9.17, 15) is 9.59 Å². The molecule has 1 heterocycles. The summed E-state index contributed by atoms with van der Waals surface area (Å²) in [6.07, 6.45) is 4.20. The highest BCUT2D eigenvalue weighted by Crippen LogP contribution is 2.50. The van der Waals surface area contributed by atoms with E-state index in [1.165, 1.54) is 4.90 Å². The predicted octanol–water partition coefficient (Wildman–Crippen LogP) is 5.58. The molecular weight excluding hydrogens is 394 g/mol. The topological polar surface area (TPSA) is 37.4 Å². The van der Waals surface area contributed by atoms with Gasteiger partial charge in [-0.3, -0.25) is 9.59 Å². The van der Waals surface area contributed by atoms with Crippen LogP contribution in [0.1, 0.15) is 23.0 Å². The first kappa shape index (κ1) is 18.8. The van der Waals surface area contributed by atoms with Crippen molar-refractivity contribution >= 4 is 29.1 Å². The summed E-state index contributed by atoms with van der Waals surface area (Å²) < 4.78 is 0. The first-order valence-electron chi connectivity index (χ1n) is 10.1. The first-order valence-corrected chi connectivity index (χ1v) is 10.4. The van der Waals surface area contributed by atoms with Crippen molar-refractivity contribution in [2.24, 2.45) is 11.8 Å². The number of rotatable bonds is 3. The molecule has 0 aromatic heterocycles. The molecule has 3 aromatic carbocycles. The van der Waals surface area contributed by atoms with Crippen molar-refractivity contribution in [1.82, 2.24) is 0 Å². The Morgan fingerprint density at radius 1 is 0.600 bits per heavy atom. The molecule has 3 aromatic rings. The zero-order chi connectivity index (χ0) is 20.7. The Morgan fingerprint density at radius 3 is 1.47 bits per heavy atom. The van der Waals surface area contributed by atoms with Crippen LogP contribution in [0, 0.1) is 11.8 Å². The van der Waals surface area contributed by atoms with E-state index < -0.39 is 11.8 Å². The second-order valence-corrected chi connectivity index (χ2v) is 8.23. The monoisotopic (exact) mass is 413 g/mol. The molecule has 0 spiro atoms. The van der Waals surface area contributed by atoms with Gasteiger partial charge in [-0.1, -0.05) is 84.4 Å². The van der Waals surface area contributed by atoms with Gasteiger partial charge in [-0.15, -0.1) is 0 Å². The van der Waals surface area contributed by atoms with Crippen LogP contribution in [0.4, 0.5) is 5.69 Å². The molecule has 0 radical (unpaired) electrons. The van der Waals surface area contributed by atoms with Crippen molar-refractivity contribution in [3.63, 3.8) is 0 Å². The van der Waals surface area contributed by atoms with Gasteiger partial charge in [-0.2, -0.15) is 0 Å². The Labute approximate surface area is 180 Å². The van der Waals surface area contributed by atoms with Crippen molar-refractivity contribution in [2.45, 2.75) is 11.8 Å². The van der Waals surface area contributed by atoms with Crippen molar-refractivity contribution in [3.05, 3.63) is 113 Å². The van der Waals surface area contributed by atoms with Crippen LogP contribution < -0.4 is 4.90 Å². The number of amides is 2. The molecule has 0 unspecified atom stereocenters. The maximum atomic E-state index is 13.6. The number of nitrogens with zero attached hydrogens (tertiary/aromatic N) is 1. The molecule has 1 saturated heterocycles. The third-order valence-corrected chi connectivity index (χ3v) is 6.40. The molecule has 2 aliphatic rings. The molecule has 148 valence electrons. The van der Waals surface area contributed by atoms with Gasteiger partial charge in [-0.05, 0) is 35.4 Å². The van der Waals surface area contributed by atoms with Crippen LogP contribution in [0.25, 0.3) is 0 Å². The fourth-order valence-electron chi connectivity index (χ4n) is 4.78. The predicted molar refractivity (Wildman–Crippen MR) is 118 cm³/mol. The number of benzene rings is 3. The van der Waals surface area contributed by atoms with Crippen molar-refractivity contribution in [1.29, 1.82) is 0 Å². The third-order valence-electron chi connectivity index (χ3n) is 6.15.